The monoisotopic (exact) mass is 462 g/mol. The number of halogens is 1. The average molecular weight is 462 g/mol. The molecular formula is C19H35IN4O. The first kappa shape index (κ1) is 24.0. The predicted octanol–water partition coefficient (Wildman–Crippen LogP) is 3.11. The van der Waals surface area contributed by atoms with Crippen LogP contribution in [0.15, 0.2) is 23.2 Å². The van der Waals surface area contributed by atoms with E-state index in [4.69, 9.17) is 4.74 Å². The van der Waals surface area contributed by atoms with Gasteiger partial charge in [-0.25, -0.2) is 0 Å². The first-order valence-electron chi connectivity index (χ1n) is 8.76. The smallest absolute Gasteiger partial charge is 0.191 e. The number of nitrogens with zero attached hydrogens (tertiary/aromatic N) is 1. The molecule has 144 valence electrons. The lowest BCUT2D eigenvalue weighted by atomic mass is 10.1. The number of methoxy groups -OCH3 is 1. The molecule has 25 heavy (non-hydrogen) atoms. The molecule has 0 aliphatic rings. The van der Waals surface area contributed by atoms with Gasteiger partial charge >= 0.3 is 0 Å². The molecule has 0 aliphatic heterocycles. The van der Waals surface area contributed by atoms with Crippen LogP contribution >= 0.6 is 24.0 Å². The Labute approximate surface area is 170 Å². The molecule has 0 bridgehead atoms. The van der Waals surface area contributed by atoms with E-state index in [0.29, 0.717) is 0 Å². The average Bonchev–Trinajstić information content (AvgIpc) is 2.50. The van der Waals surface area contributed by atoms with Gasteiger partial charge in [-0.15, -0.1) is 24.0 Å². The van der Waals surface area contributed by atoms with Gasteiger partial charge in [0.25, 0.3) is 0 Å². The summed E-state index contributed by atoms with van der Waals surface area (Å²) in [6.07, 6.45) is 0.898. The van der Waals surface area contributed by atoms with Crippen molar-refractivity contribution >= 4 is 29.9 Å². The van der Waals surface area contributed by atoms with Crippen molar-refractivity contribution in [2.45, 2.75) is 46.6 Å². The highest BCUT2D eigenvalue weighted by atomic mass is 127. The van der Waals surface area contributed by atoms with Crippen molar-refractivity contribution in [1.82, 2.24) is 16.0 Å². The molecule has 0 radical (unpaired) electrons. The maximum absolute atomic E-state index is 5.43. The molecule has 6 heteroatoms. The van der Waals surface area contributed by atoms with E-state index in [-0.39, 0.29) is 29.5 Å². The van der Waals surface area contributed by atoms with Gasteiger partial charge in [0.2, 0.25) is 0 Å². The van der Waals surface area contributed by atoms with Gasteiger partial charge < -0.3 is 20.7 Å². The Morgan fingerprint density at radius 2 is 1.88 bits per heavy atom. The van der Waals surface area contributed by atoms with Gasteiger partial charge in [0, 0.05) is 25.2 Å². The molecule has 3 N–H and O–H groups in total. The summed E-state index contributed by atoms with van der Waals surface area (Å²) in [5, 5.41) is 10.1. The number of aryl methyl sites for hydroxylation is 1. The lowest BCUT2D eigenvalue weighted by Gasteiger charge is -2.20. The summed E-state index contributed by atoms with van der Waals surface area (Å²) in [7, 11) is 1.72. The highest BCUT2D eigenvalue weighted by Gasteiger charge is 2.07. The lowest BCUT2D eigenvalue weighted by molar-refractivity contribution is 0.409. The van der Waals surface area contributed by atoms with Crippen LogP contribution in [0.1, 0.15) is 38.8 Å². The maximum atomic E-state index is 5.43. The minimum atomic E-state index is 0. The van der Waals surface area contributed by atoms with E-state index >= 15 is 0 Å². The Morgan fingerprint density at radius 1 is 1.16 bits per heavy atom. The zero-order valence-corrected chi connectivity index (χ0v) is 18.9. The van der Waals surface area contributed by atoms with E-state index in [1.54, 1.807) is 7.11 Å². The van der Waals surface area contributed by atoms with Gasteiger partial charge in [0.05, 0.1) is 13.7 Å². The van der Waals surface area contributed by atoms with E-state index in [2.05, 4.69) is 67.7 Å². The van der Waals surface area contributed by atoms with Crippen molar-refractivity contribution in [3.05, 3.63) is 29.3 Å². The van der Waals surface area contributed by atoms with E-state index in [1.165, 1.54) is 11.1 Å². The highest BCUT2D eigenvalue weighted by molar-refractivity contribution is 14.0. The molecule has 0 saturated carbocycles. The first-order chi connectivity index (χ1) is 11.4. The number of aliphatic imine (C=N–C) groups is 1. The normalized spacial score (nSPS) is 11.7. The molecule has 0 aliphatic carbocycles. The number of guanidine groups is 1. The van der Waals surface area contributed by atoms with Crippen LogP contribution in [0.25, 0.3) is 0 Å². The largest absolute Gasteiger partial charge is 0.496 e. The Morgan fingerprint density at radius 3 is 2.48 bits per heavy atom. The van der Waals surface area contributed by atoms with Crippen molar-refractivity contribution in [2.24, 2.45) is 4.99 Å². The minimum Gasteiger partial charge on any atom is -0.496 e. The van der Waals surface area contributed by atoms with Crippen molar-refractivity contribution in [3.8, 4) is 5.75 Å². The zero-order valence-electron chi connectivity index (χ0n) is 16.5. The van der Waals surface area contributed by atoms with Crippen molar-refractivity contribution < 1.29 is 4.74 Å². The van der Waals surface area contributed by atoms with Crippen LogP contribution in [0.3, 0.4) is 0 Å². The molecular weight excluding hydrogens is 427 g/mol. The van der Waals surface area contributed by atoms with Crippen LogP contribution in [0, 0.1) is 6.92 Å². The van der Waals surface area contributed by atoms with E-state index in [9.17, 15) is 0 Å². The Balaban J connectivity index is 0.00000576. The van der Waals surface area contributed by atoms with Gasteiger partial charge in [0.1, 0.15) is 5.75 Å². The molecule has 0 aromatic heterocycles. The van der Waals surface area contributed by atoms with Crippen LogP contribution in [-0.4, -0.2) is 44.8 Å². The second-order valence-electron chi connectivity index (χ2n) is 6.93. The van der Waals surface area contributed by atoms with Crippen LogP contribution in [0.2, 0.25) is 0 Å². The van der Waals surface area contributed by atoms with Gasteiger partial charge in [-0.05, 0) is 52.7 Å². The van der Waals surface area contributed by atoms with Crippen molar-refractivity contribution in [1.29, 1.82) is 0 Å². The highest BCUT2D eigenvalue weighted by Crippen LogP contribution is 2.19. The molecule has 1 aromatic rings. The number of hydrogen-bond acceptors (Lipinski definition) is 3. The summed E-state index contributed by atoms with van der Waals surface area (Å²) in [4.78, 5) is 4.61. The topological polar surface area (TPSA) is 57.7 Å². The summed E-state index contributed by atoms with van der Waals surface area (Å²) >= 11 is 0. The third-order valence-corrected chi connectivity index (χ3v) is 3.50. The fraction of sp³-hybridized carbons (Fsp3) is 0.632. The quantitative estimate of drug-likeness (QED) is 0.241. The molecule has 0 heterocycles. The molecule has 0 amide bonds. The number of hydrogen-bond donors (Lipinski definition) is 3. The predicted molar refractivity (Wildman–Crippen MR) is 119 cm³/mol. The Kier molecular flexibility index (Phi) is 11.8. The fourth-order valence-electron chi connectivity index (χ4n) is 2.36. The van der Waals surface area contributed by atoms with Crippen molar-refractivity contribution in [3.63, 3.8) is 0 Å². The molecule has 0 saturated heterocycles. The number of benzene rings is 1. The standard InChI is InChI=1S/C19H34N4O.HI/c1-7-20-18(22-12-13-23-19(3,4)5)21-11-10-16-14-15(2)8-9-17(16)24-6;/h8-9,14,23H,7,10-13H2,1-6H3,(H2,20,21,22);1H. The van der Waals surface area contributed by atoms with Gasteiger partial charge in [-0.1, -0.05) is 17.7 Å². The van der Waals surface area contributed by atoms with E-state index < -0.39 is 0 Å². The third kappa shape index (κ3) is 10.5. The SMILES string of the molecule is CCNC(=NCCNC(C)(C)C)NCCc1cc(C)ccc1OC.I. The van der Waals surface area contributed by atoms with Gasteiger partial charge in [-0.3, -0.25) is 4.99 Å². The summed E-state index contributed by atoms with van der Waals surface area (Å²) in [5.41, 5.74) is 2.60. The summed E-state index contributed by atoms with van der Waals surface area (Å²) in [5.74, 6) is 1.80. The van der Waals surface area contributed by atoms with Crippen LogP contribution in [0.5, 0.6) is 5.75 Å². The molecule has 0 spiro atoms. The van der Waals surface area contributed by atoms with Crippen LogP contribution in [0.4, 0.5) is 0 Å². The molecule has 0 fully saturated rings. The minimum absolute atomic E-state index is 0. The van der Waals surface area contributed by atoms with Crippen molar-refractivity contribution in [2.75, 3.05) is 33.3 Å². The van der Waals surface area contributed by atoms with Gasteiger partial charge in [0.15, 0.2) is 5.96 Å². The Bertz CT molecular complexity index is 527. The van der Waals surface area contributed by atoms with E-state index in [1.807, 2.05) is 6.07 Å². The number of ether oxygens (including phenoxy) is 1. The second-order valence-corrected chi connectivity index (χ2v) is 6.93. The number of nitrogens with one attached hydrogen (secondary N) is 3. The third-order valence-electron chi connectivity index (χ3n) is 3.50. The summed E-state index contributed by atoms with van der Waals surface area (Å²) < 4.78 is 5.43. The van der Waals surface area contributed by atoms with Crippen LogP contribution in [-0.2, 0) is 6.42 Å². The second kappa shape index (κ2) is 12.4. The number of rotatable bonds is 8. The first-order valence-corrected chi connectivity index (χ1v) is 8.76. The zero-order chi connectivity index (χ0) is 18.0. The fourth-order valence-corrected chi connectivity index (χ4v) is 2.36. The molecule has 1 aromatic carbocycles. The maximum Gasteiger partial charge on any atom is 0.191 e. The molecule has 0 atom stereocenters. The molecule has 0 unspecified atom stereocenters. The van der Waals surface area contributed by atoms with Gasteiger partial charge in [-0.2, -0.15) is 0 Å². The molecule has 5 nitrogen and oxygen atoms in total. The molecule has 1 rings (SSSR count). The Hall–Kier alpha value is -1.02. The summed E-state index contributed by atoms with van der Waals surface area (Å²) in [6, 6.07) is 6.28. The van der Waals surface area contributed by atoms with E-state index in [0.717, 1.165) is 44.3 Å². The lowest BCUT2D eigenvalue weighted by Crippen LogP contribution is -2.40. The van der Waals surface area contributed by atoms with Crippen LogP contribution < -0.4 is 20.7 Å². The summed E-state index contributed by atoms with van der Waals surface area (Å²) in [6.45, 7) is 14.0.